The average molecular weight is 321 g/mol. The molecule has 1 aliphatic heterocycles. The molecule has 0 saturated carbocycles. The minimum absolute atomic E-state index is 0.271. The fourth-order valence-electron chi connectivity index (χ4n) is 2.28. The van der Waals surface area contributed by atoms with Gasteiger partial charge in [-0.25, -0.2) is 4.90 Å². The molecule has 0 atom stereocenters. The lowest BCUT2D eigenvalue weighted by atomic mass is 10.1. The first-order valence-electron chi connectivity index (χ1n) is 6.14. The number of aryl methyl sites for hydroxylation is 1. The fraction of sp³-hybridized carbons (Fsp3) is 0.0667. The molecule has 0 fully saturated rings. The standard InChI is InChI=1S/C15H10Cl2N2O2/c1-7-4-12(17)13(6-11(7)16)19-14(20)9-3-2-8(18)5-10(9)15(19)21/h2-6H,18H2,1H3. The van der Waals surface area contributed by atoms with Crippen LogP contribution < -0.4 is 10.6 Å². The highest BCUT2D eigenvalue weighted by Crippen LogP contribution is 2.36. The van der Waals surface area contributed by atoms with Crippen molar-refractivity contribution in [2.75, 3.05) is 10.6 Å². The molecule has 2 aromatic rings. The van der Waals surface area contributed by atoms with E-state index in [1.165, 1.54) is 18.2 Å². The summed E-state index contributed by atoms with van der Waals surface area (Å²) < 4.78 is 0. The summed E-state index contributed by atoms with van der Waals surface area (Å²) in [5, 5.41) is 0.727. The zero-order valence-corrected chi connectivity index (χ0v) is 12.5. The first-order chi connectivity index (χ1) is 9.90. The maximum absolute atomic E-state index is 12.5. The van der Waals surface area contributed by atoms with Crippen molar-refractivity contribution in [1.29, 1.82) is 0 Å². The molecule has 0 unspecified atom stereocenters. The van der Waals surface area contributed by atoms with Crippen LogP contribution >= 0.6 is 23.2 Å². The van der Waals surface area contributed by atoms with Gasteiger partial charge in [-0.1, -0.05) is 23.2 Å². The number of fused-ring (bicyclic) bond motifs is 1. The van der Waals surface area contributed by atoms with Crippen molar-refractivity contribution >= 4 is 46.4 Å². The predicted octanol–water partition coefficient (Wildman–Crippen LogP) is 3.68. The Kier molecular flexibility index (Phi) is 3.15. The highest BCUT2D eigenvalue weighted by Gasteiger charge is 2.37. The topological polar surface area (TPSA) is 63.4 Å². The van der Waals surface area contributed by atoms with Crippen molar-refractivity contribution in [2.24, 2.45) is 0 Å². The third-order valence-corrected chi connectivity index (χ3v) is 4.09. The molecule has 0 aliphatic carbocycles. The Labute approximate surface area is 131 Å². The van der Waals surface area contributed by atoms with Crippen molar-refractivity contribution < 1.29 is 9.59 Å². The van der Waals surface area contributed by atoms with Crippen molar-refractivity contribution in [3.63, 3.8) is 0 Å². The van der Waals surface area contributed by atoms with Crippen molar-refractivity contribution in [1.82, 2.24) is 0 Å². The second-order valence-electron chi connectivity index (χ2n) is 4.80. The largest absolute Gasteiger partial charge is 0.399 e. The molecular formula is C15H10Cl2N2O2. The summed E-state index contributed by atoms with van der Waals surface area (Å²) in [5.41, 5.74) is 7.71. The molecular weight excluding hydrogens is 311 g/mol. The minimum Gasteiger partial charge on any atom is -0.399 e. The number of imide groups is 1. The predicted molar refractivity (Wildman–Crippen MR) is 83.2 cm³/mol. The van der Waals surface area contributed by atoms with Gasteiger partial charge in [0, 0.05) is 10.7 Å². The van der Waals surface area contributed by atoms with Crippen LogP contribution in [0.3, 0.4) is 0 Å². The Morgan fingerprint density at radius 2 is 1.62 bits per heavy atom. The maximum atomic E-state index is 12.5. The number of carbonyl (C=O) groups is 2. The number of rotatable bonds is 1. The average Bonchev–Trinajstić information content (AvgIpc) is 2.66. The van der Waals surface area contributed by atoms with Crippen LogP contribution in [0, 0.1) is 6.92 Å². The second kappa shape index (κ2) is 4.76. The molecule has 6 heteroatoms. The Hall–Kier alpha value is -2.04. The van der Waals surface area contributed by atoms with Gasteiger partial charge >= 0.3 is 0 Å². The van der Waals surface area contributed by atoms with Crippen LogP contribution in [-0.2, 0) is 0 Å². The number of hydrogen-bond donors (Lipinski definition) is 1. The quantitative estimate of drug-likeness (QED) is 0.644. The van der Waals surface area contributed by atoms with Gasteiger partial charge in [0.25, 0.3) is 11.8 Å². The van der Waals surface area contributed by atoms with Crippen molar-refractivity contribution in [3.05, 3.63) is 57.1 Å². The molecule has 3 rings (SSSR count). The van der Waals surface area contributed by atoms with Crippen molar-refractivity contribution in [3.8, 4) is 0 Å². The summed E-state index contributed by atoms with van der Waals surface area (Å²) in [7, 11) is 0. The molecule has 1 heterocycles. The van der Waals surface area contributed by atoms with Gasteiger partial charge in [0.1, 0.15) is 0 Å². The van der Waals surface area contributed by atoms with E-state index in [9.17, 15) is 9.59 Å². The summed E-state index contributed by atoms with van der Waals surface area (Å²) in [6, 6.07) is 7.74. The van der Waals surface area contributed by atoms with E-state index >= 15 is 0 Å². The Balaban J connectivity index is 2.16. The fourth-order valence-corrected chi connectivity index (χ4v) is 2.75. The first-order valence-corrected chi connectivity index (χ1v) is 6.89. The van der Waals surface area contributed by atoms with Gasteiger partial charge in [0.15, 0.2) is 0 Å². The van der Waals surface area contributed by atoms with Gasteiger partial charge in [-0.05, 0) is 42.8 Å². The highest BCUT2D eigenvalue weighted by atomic mass is 35.5. The molecule has 0 saturated heterocycles. The molecule has 4 nitrogen and oxygen atoms in total. The molecule has 2 aromatic carbocycles. The zero-order chi connectivity index (χ0) is 15.3. The molecule has 2 amide bonds. The number of carbonyl (C=O) groups excluding carboxylic acids is 2. The Morgan fingerprint density at radius 3 is 2.33 bits per heavy atom. The lowest BCUT2D eigenvalue weighted by molar-refractivity contribution is 0.0926. The minimum atomic E-state index is -0.455. The van der Waals surface area contributed by atoms with E-state index in [0.29, 0.717) is 21.3 Å². The molecule has 1 aliphatic rings. The summed E-state index contributed by atoms with van der Waals surface area (Å²) in [5.74, 6) is -0.888. The van der Waals surface area contributed by atoms with E-state index in [1.807, 2.05) is 0 Å². The van der Waals surface area contributed by atoms with E-state index in [2.05, 4.69) is 0 Å². The number of nitrogens with zero attached hydrogens (tertiary/aromatic N) is 1. The Bertz CT molecular complexity index is 803. The zero-order valence-electron chi connectivity index (χ0n) is 11.0. The maximum Gasteiger partial charge on any atom is 0.266 e. The number of anilines is 2. The third-order valence-electron chi connectivity index (χ3n) is 3.38. The molecule has 0 radical (unpaired) electrons. The van der Waals surface area contributed by atoms with Crippen LogP contribution in [0.4, 0.5) is 11.4 Å². The number of nitrogen functional groups attached to an aromatic ring is 1. The van der Waals surface area contributed by atoms with Crippen LogP contribution in [0.5, 0.6) is 0 Å². The van der Waals surface area contributed by atoms with Crippen LogP contribution in [0.1, 0.15) is 26.3 Å². The summed E-state index contributed by atoms with van der Waals surface area (Å²) in [6.45, 7) is 1.79. The van der Waals surface area contributed by atoms with Crippen LogP contribution in [0.15, 0.2) is 30.3 Å². The van der Waals surface area contributed by atoms with Gasteiger partial charge < -0.3 is 5.73 Å². The summed E-state index contributed by atoms with van der Waals surface area (Å²) >= 11 is 12.2. The molecule has 21 heavy (non-hydrogen) atoms. The van der Waals surface area contributed by atoms with Gasteiger partial charge in [0.2, 0.25) is 0 Å². The van der Waals surface area contributed by atoms with Crippen LogP contribution in [-0.4, -0.2) is 11.8 Å². The molecule has 0 bridgehead atoms. The van der Waals surface area contributed by atoms with E-state index in [0.717, 1.165) is 10.5 Å². The monoisotopic (exact) mass is 320 g/mol. The number of amides is 2. The number of hydrogen-bond acceptors (Lipinski definition) is 3. The van der Waals surface area contributed by atoms with Gasteiger partial charge in [-0.3, -0.25) is 9.59 Å². The number of nitrogens with two attached hydrogens (primary N) is 1. The molecule has 106 valence electrons. The smallest absolute Gasteiger partial charge is 0.266 e. The van der Waals surface area contributed by atoms with Gasteiger partial charge in [0.05, 0.1) is 21.8 Å². The van der Waals surface area contributed by atoms with Crippen LogP contribution in [0.2, 0.25) is 10.0 Å². The number of benzene rings is 2. The normalized spacial score (nSPS) is 13.8. The lowest BCUT2D eigenvalue weighted by Gasteiger charge is -2.16. The van der Waals surface area contributed by atoms with Crippen molar-refractivity contribution in [2.45, 2.75) is 6.92 Å². The summed E-state index contributed by atoms with van der Waals surface area (Å²) in [6.07, 6.45) is 0. The van der Waals surface area contributed by atoms with Gasteiger partial charge in [-0.15, -0.1) is 0 Å². The lowest BCUT2D eigenvalue weighted by Crippen LogP contribution is -2.29. The number of halogens is 2. The first kappa shape index (κ1) is 13.9. The highest BCUT2D eigenvalue weighted by molar-refractivity contribution is 6.41. The third kappa shape index (κ3) is 2.07. The van der Waals surface area contributed by atoms with E-state index in [-0.39, 0.29) is 11.3 Å². The SMILES string of the molecule is Cc1cc(Cl)c(N2C(=O)c3ccc(N)cc3C2=O)cc1Cl. The van der Waals surface area contributed by atoms with Crippen LogP contribution in [0.25, 0.3) is 0 Å². The molecule has 0 aromatic heterocycles. The second-order valence-corrected chi connectivity index (χ2v) is 5.62. The molecule has 0 spiro atoms. The van der Waals surface area contributed by atoms with E-state index in [4.69, 9.17) is 28.9 Å². The molecule has 2 N–H and O–H groups in total. The van der Waals surface area contributed by atoms with E-state index < -0.39 is 11.8 Å². The Morgan fingerprint density at radius 1 is 0.952 bits per heavy atom. The van der Waals surface area contributed by atoms with Gasteiger partial charge in [-0.2, -0.15) is 0 Å². The van der Waals surface area contributed by atoms with E-state index in [1.54, 1.807) is 19.1 Å². The summed E-state index contributed by atoms with van der Waals surface area (Å²) in [4.78, 5) is 25.9.